The maximum atomic E-state index is 13.3. The monoisotopic (exact) mass is 460 g/mol. The van der Waals surface area contributed by atoms with E-state index in [1.807, 2.05) is 32.0 Å². The first-order valence-corrected chi connectivity index (χ1v) is 11.2. The van der Waals surface area contributed by atoms with Gasteiger partial charge in [-0.25, -0.2) is 4.79 Å². The van der Waals surface area contributed by atoms with Crippen molar-refractivity contribution < 1.29 is 24.2 Å². The molecule has 0 spiro atoms. The minimum atomic E-state index is -1.38. The van der Waals surface area contributed by atoms with Gasteiger partial charge in [0.25, 0.3) is 0 Å². The fourth-order valence-electron chi connectivity index (χ4n) is 3.10. The molecule has 182 valence electrons. The van der Waals surface area contributed by atoms with E-state index in [1.54, 1.807) is 32.9 Å². The number of nitrogens with zero attached hydrogens (tertiary/aromatic N) is 2. The van der Waals surface area contributed by atoms with Gasteiger partial charge in [0.15, 0.2) is 0 Å². The Bertz CT molecular complexity index is 827. The fourth-order valence-corrected chi connectivity index (χ4v) is 3.10. The van der Waals surface area contributed by atoms with Gasteiger partial charge >= 0.3 is 6.09 Å². The lowest BCUT2D eigenvalue weighted by Crippen LogP contribution is -2.54. The van der Waals surface area contributed by atoms with E-state index >= 15 is 0 Å². The Balaban J connectivity index is 3.28. The molecule has 1 aromatic rings. The summed E-state index contributed by atoms with van der Waals surface area (Å²) in [5.74, 6) is -1.20. The molecular weight excluding hydrogens is 424 g/mol. The van der Waals surface area contributed by atoms with Crippen LogP contribution in [0, 0.1) is 11.3 Å². The standard InChI is InChI=1S/C24H36N4O5/c1-6-8-14-26-21(30)20(18-11-9-17(7-2)10-12-18)28(15-13-25)22(31)19(16-29)27-23(32)33-24(3,4)5/h9-12,19-20,29H,6-8,14-16H2,1-5H3,(H,26,30)(H,27,32). The molecule has 2 unspecified atom stereocenters. The number of unbranched alkanes of at least 4 members (excludes halogenated alkanes) is 1. The number of aryl methyl sites for hydroxylation is 1. The summed E-state index contributed by atoms with van der Waals surface area (Å²) in [6, 6.07) is 6.64. The minimum absolute atomic E-state index is 0.410. The molecular formula is C24H36N4O5. The van der Waals surface area contributed by atoms with Crippen LogP contribution in [0.4, 0.5) is 4.79 Å². The molecule has 0 heterocycles. The Morgan fingerprint density at radius 2 is 1.82 bits per heavy atom. The van der Waals surface area contributed by atoms with Crippen molar-refractivity contribution >= 4 is 17.9 Å². The molecule has 0 aliphatic rings. The number of aliphatic hydroxyl groups excluding tert-OH is 1. The van der Waals surface area contributed by atoms with Crippen molar-refractivity contribution in [1.29, 1.82) is 5.26 Å². The molecule has 3 N–H and O–H groups in total. The molecule has 0 aromatic heterocycles. The fraction of sp³-hybridized carbons (Fsp3) is 0.583. The molecule has 0 aliphatic heterocycles. The van der Waals surface area contributed by atoms with Gasteiger partial charge in [0.05, 0.1) is 12.7 Å². The number of nitrogens with one attached hydrogen (secondary N) is 2. The lowest BCUT2D eigenvalue weighted by atomic mass is 10.0. The Labute approximate surface area is 196 Å². The summed E-state index contributed by atoms with van der Waals surface area (Å²) in [6.45, 7) is 8.29. The third-order valence-corrected chi connectivity index (χ3v) is 4.79. The van der Waals surface area contributed by atoms with Crippen molar-refractivity contribution in [1.82, 2.24) is 15.5 Å². The van der Waals surface area contributed by atoms with Gasteiger partial charge in [-0.1, -0.05) is 44.5 Å². The van der Waals surface area contributed by atoms with Gasteiger partial charge in [0.2, 0.25) is 11.8 Å². The average Bonchev–Trinajstić information content (AvgIpc) is 2.76. The molecule has 0 aliphatic carbocycles. The molecule has 3 amide bonds. The van der Waals surface area contributed by atoms with Gasteiger partial charge in [-0.05, 0) is 44.7 Å². The van der Waals surface area contributed by atoms with E-state index in [-0.39, 0.29) is 0 Å². The lowest BCUT2D eigenvalue weighted by molar-refractivity contribution is -0.142. The summed E-state index contributed by atoms with van der Waals surface area (Å²) in [5, 5.41) is 24.3. The molecule has 2 atom stereocenters. The van der Waals surface area contributed by atoms with Crippen molar-refractivity contribution in [2.24, 2.45) is 0 Å². The van der Waals surface area contributed by atoms with Crippen LogP contribution in [0.2, 0.25) is 0 Å². The lowest BCUT2D eigenvalue weighted by Gasteiger charge is -2.32. The third kappa shape index (κ3) is 9.10. The van der Waals surface area contributed by atoms with Gasteiger partial charge in [-0.3, -0.25) is 9.59 Å². The van der Waals surface area contributed by atoms with Crippen LogP contribution < -0.4 is 10.6 Å². The summed E-state index contributed by atoms with van der Waals surface area (Å²) in [7, 11) is 0. The maximum absolute atomic E-state index is 13.3. The molecule has 0 saturated heterocycles. The first kappa shape index (κ1) is 27.9. The number of ether oxygens (including phenoxy) is 1. The highest BCUT2D eigenvalue weighted by Crippen LogP contribution is 2.23. The van der Waals surface area contributed by atoms with Crippen LogP contribution in [0.15, 0.2) is 24.3 Å². The van der Waals surface area contributed by atoms with E-state index in [0.29, 0.717) is 12.1 Å². The Morgan fingerprint density at radius 1 is 1.18 bits per heavy atom. The molecule has 0 saturated carbocycles. The van der Waals surface area contributed by atoms with E-state index in [0.717, 1.165) is 29.7 Å². The van der Waals surface area contributed by atoms with Gasteiger partial charge < -0.3 is 25.4 Å². The summed E-state index contributed by atoms with van der Waals surface area (Å²) >= 11 is 0. The quantitative estimate of drug-likeness (QED) is 0.343. The molecule has 9 nitrogen and oxygen atoms in total. The third-order valence-electron chi connectivity index (χ3n) is 4.79. The molecule has 1 aromatic carbocycles. The van der Waals surface area contributed by atoms with Crippen LogP contribution in [-0.2, 0) is 20.7 Å². The highest BCUT2D eigenvalue weighted by Gasteiger charge is 2.36. The van der Waals surface area contributed by atoms with E-state index < -0.39 is 48.7 Å². The molecule has 9 heteroatoms. The Hall–Kier alpha value is -3.12. The van der Waals surface area contributed by atoms with Gasteiger partial charge in [-0.15, -0.1) is 0 Å². The molecule has 0 radical (unpaired) electrons. The zero-order valence-electron chi connectivity index (χ0n) is 20.2. The number of hydrogen-bond donors (Lipinski definition) is 3. The summed E-state index contributed by atoms with van der Waals surface area (Å²) in [4.78, 5) is 39.7. The van der Waals surface area contributed by atoms with Crippen LogP contribution in [-0.4, -0.2) is 59.3 Å². The average molecular weight is 461 g/mol. The summed E-state index contributed by atoms with van der Waals surface area (Å²) < 4.78 is 5.17. The highest BCUT2D eigenvalue weighted by molar-refractivity contribution is 5.92. The summed E-state index contributed by atoms with van der Waals surface area (Å²) in [6.07, 6.45) is 1.56. The largest absolute Gasteiger partial charge is 0.444 e. The predicted octanol–water partition coefficient (Wildman–Crippen LogP) is 2.44. The topological polar surface area (TPSA) is 132 Å². The van der Waals surface area contributed by atoms with Gasteiger partial charge in [0.1, 0.15) is 24.2 Å². The number of benzene rings is 1. The normalized spacial score (nSPS) is 12.8. The van der Waals surface area contributed by atoms with Crippen LogP contribution in [0.1, 0.15) is 64.6 Å². The highest BCUT2D eigenvalue weighted by atomic mass is 16.6. The number of nitriles is 1. The molecule has 33 heavy (non-hydrogen) atoms. The van der Waals surface area contributed by atoms with E-state index in [4.69, 9.17) is 4.74 Å². The first-order chi connectivity index (χ1) is 15.6. The van der Waals surface area contributed by atoms with Crippen LogP contribution in [0.3, 0.4) is 0 Å². The number of hydrogen-bond acceptors (Lipinski definition) is 6. The number of carbonyl (C=O) groups excluding carboxylic acids is 3. The van der Waals surface area contributed by atoms with Gasteiger partial charge in [-0.2, -0.15) is 5.26 Å². The minimum Gasteiger partial charge on any atom is -0.444 e. The summed E-state index contributed by atoms with van der Waals surface area (Å²) in [5.41, 5.74) is 0.781. The van der Waals surface area contributed by atoms with Crippen molar-refractivity contribution in [3.05, 3.63) is 35.4 Å². The predicted molar refractivity (Wildman–Crippen MR) is 124 cm³/mol. The van der Waals surface area contributed by atoms with Gasteiger partial charge in [0, 0.05) is 6.54 Å². The van der Waals surface area contributed by atoms with Crippen molar-refractivity contribution in [2.45, 2.75) is 71.6 Å². The number of carbonyl (C=O) groups is 3. The van der Waals surface area contributed by atoms with Crippen LogP contribution >= 0.6 is 0 Å². The van der Waals surface area contributed by atoms with Crippen LogP contribution in [0.5, 0.6) is 0 Å². The molecule has 0 fully saturated rings. The van der Waals surface area contributed by atoms with E-state index in [1.165, 1.54) is 0 Å². The van der Waals surface area contributed by atoms with Crippen molar-refractivity contribution in [3.63, 3.8) is 0 Å². The van der Waals surface area contributed by atoms with E-state index in [9.17, 15) is 24.8 Å². The second-order valence-electron chi connectivity index (χ2n) is 8.65. The first-order valence-electron chi connectivity index (χ1n) is 11.2. The molecule has 1 rings (SSSR count). The Morgan fingerprint density at radius 3 is 2.30 bits per heavy atom. The maximum Gasteiger partial charge on any atom is 0.408 e. The molecule has 0 bridgehead atoms. The van der Waals surface area contributed by atoms with Crippen molar-refractivity contribution in [3.8, 4) is 6.07 Å². The van der Waals surface area contributed by atoms with Crippen molar-refractivity contribution in [2.75, 3.05) is 19.7 Å². The number of alkyl carbamates (subject to hydrolysis) is 1. The smallest absolute Gasteiger partial charge is 0.408 e. The van der Waals surface area contributed by atoms with Crippen LogP contribution in [0.25, 0.3) is 0 Å². The van der Waals surface area contributed by atoms with E-state index in [2.05, 4.69) is 10.6 Å². The number of aliphatic hydroxyl groups is 1. The zero-order chi connectivity index (χ0) is 25.0. The Kier molecular flexibility index (Phi) is 11.4. The zero-order valence-corrected chi connectivity index (χ0v) is 20.2. The number of amides is 3. The second kappa shape index (κ2) is 13.4. The number of rotatable bonds is 11. The SMILES string of the molecule is CCCCNC(=O)C(c1ccc(CC)cc1)N(CC#N)C(=O)C(CO)NC(=O)OC(C)(C)C. The second-order valence-corrected chi connectivity index (χ2v) is 8.65.